The minimum atomic E-state index is -0.0478. The number of hydrogen-bond donors (Lipinski definition) is 0. The molecule has 0 bridgehead atoms. The number of imidazole rings is 1. The molecule has 0 N–H and O–H groups in total. The number of hydrogen-bond acceptors (Lipinski definition) is 3. The first-order valence-corrected chi connectivity index (χ1v) is 10.2. The van der Waals surface area contributed by atoms with Gasteiger partial charge in [0.05, 0.1) is 17.4 Å². The third-order valence-corrected chi connectivity index (χ3v) is 6.32. The predicted molar refractivity (Wildman–Crippen MR) is 107 cm³/mol. The van der Waals surface area contributed by atoms with Crippen LogP contribution in [0.5, 0.6) is 0 Å². The summed E-state index contributed by atoms with van der Waals surface area (Å²) in [5, 5.41) is 0. The fraction of sp³-hybridized carbons (Fsp3) is 0.545. The molecule has 0 atom stereocenters. The normalized spacial score (nSPS) is 19.5. The van der Waals surface area contributed by atoms with Crippen molar-refractivity contribution in [1.29, 1.82) is 0 Å². The number of carbonyl (C=O) groups excluding carboxylic acids is 1. The van der Waals surface area contributed by atoms with Crippen LogP contribution < -0.4 is 0 Å². The van der Waals surface area contributed by atoms with Crippen molar-refractivity contribution < 1.29 is 4.79 Å². The van der Waals surface area contributed by atoms with E-state index in [0.29, 0.717) is 0 Å². The van der Waals surface area contributed by atoms with Gasteiger partial charge in [-0.2, -0.15) is 0 Å². The predicted octanol–water partition coefficient (Wildman–Crippen LogP) is 3.36. The van der Waals surface area contributed by atoms with Crippen LogP contribution in [0, 0.1) is 5.92 Å². The molecule has 1 aromatic carbocycles. The van der Waals surface area contributed by atoms with Crippen LogP contribution in [-0.4, -0.2) is 51.4 Å². The maximum Gasteiger partial charge on any atom is 0.225 e. The van der Waals surface area contributed by atoms with Gasteiger partial charge in [-0.15, -0.1) is 0 Å². The number of fused-ring (bicyclic) bond motifs is 2. The van der Waals surface area contributed by atoms with E-state index in [1.165, 1.54) is 17.1 Å². The second-order valence-corrected chi connectivity index (χ2v) is 8.08. The minimum Gasteiger partial charge on any atom is -0.342 e. The summed E-state index contributed by atoms with van der Waals surface area (Å²) < 4.78 is 2.42. The first-order valence-electron chi connectivity index (χ1n) is 10.2. The van der Waals surface area contributed by atoms with Crippen molar-refractivity contribution in [3.63, 3.8) is 0 Å². The molecule has 1 spiro atoms. The van der Waals surface area contributed by atoms with Crippen LogP contribution in [0.1, 0.15) is 39.4 Å². The number of carbonyl (C=O) groups is 1. The first-order chi connectivity index (χ1) is 13.1. The summed E-state index contributed by atoms with van der Waals surface area (Å²) in [6, 6.07) is 10.5. The molecule has 3 heterocycles. The Balaban J connectivity index is 1.68. The van der Waals surface area contributed by atoms with E-state index in [1.54, 1.807) is 0 Å². The topological polar surface area (TPSA) is 41.4 Å². The Morgan fingerprint density at radius 2 is 1.81 bits per heavy atom. The number of likely N-dealkylation sites (tertiary alicyclic amines) is 1. The van der Waals surface area contributed by atoms with Crippen molar-refractivity contribution >= 4 is 5.91 Å². The van der Waals surface area contributed by atoms with Crippen LogP contribution >= 0.6 is 0 Å². The molecule has 1 saturated heterocycles. The van der Waals surface area contributed by atoms with E-state index >= 15 is 0 Å². The summed E-state index contributed by atoms with van der Waals surface area (Å²) in [6.45, 7) is 10.9. The Morgan fingerprint density at radius 1 is 1.11 bits per heavy atom. The summed E-state index contributed by atoms with van der Waals surface area (Å²) in [6.07, 6.45) is 3.96. The zero-order chi connectivity index (χ0) is 19.0. The molecule has 2 aliphatic rings. The van der Waals surface area contributed by atoms with Crippen LogP contribution in [0.25, 0.3) is 11.3 Å². The maximum atomic E-state index is 12.4. The van der Waals surface area contributed by atoms with Gasteiger partial charge in [-0.1, -0.05) is 51.1 Å². The highest BCUT2D eigenvalue weighted by Gasteiger charge is 2.47. The van der Waals surface area contributed by atoms with Crippen molar-refractivity contribution in [3.05, 3.63) is 42.4 Å². The summed E-state index contributed by atoms with van der Waals surface area (Å²) in [5.74, 6) is 1.53. The molecule has 0 saturated carbocycles. The number of benzene rings is 1. The molecule has 144 valence electrons. The van der Waals surface area contributed by atoms with E-state index in [2.05, 4.69) is 46.7 Å². The second-order valence-electron chi connectivity index (χ2n) is 8.08. The van der Waals surface area contributed by atoms with Crippen molar-refractivity contribution in [3.8, 4) is 11.3 Å². The summed E-state index contributed by atoms with van der Waals surface area (Å²) in [5.41, 5.74) is 2.39. The molecule has 1 fully saturated rings. The van der Waals surface area contributed by atoms with Crippen molar-refractivity contribution in [2.75, 3.05) is 26.2 Å². The fourth-order valence-corrected chi connectivity index (χ4v) is 4.85. The van der Waals surface area contributed by atoms with Gasteiger partial charge >= 0.3 is 0 Å². The van der Waals surface area contributed by atoms with Gasteiger partial charge in [0.25, 0.3) is 0 Å². The summed E-state index contributed by atoms with van der Waals surface area (Å²) >= 11 is 0. The molecule has 5 nitrogen and oxygen atoms in total. The standard InChI is InChI=1S/C22H30N4O/c1-4-25-14-15-26-19(18-8-6-5-7-9-18)16-23-21(26)22(25)10-12-24(13-11-22)20(27)17(2)3/h5-9,16-17H,4,10-15H2,1-3H3. The quantitative estimate of drug-likeness (QED) is 0.836. The lowest BCUT2D eigenvalue weighted by Gasteiger charge is -2.51. The van der Waals surface area contributed by atoms with Crippen LogP contribution in [0.15, 0.2) is 36.5 Å². The first kappa shape index (κ1) is 18.2. The number of nitrogens with zero attached hydrogens (tertiary/aromatic N) is 4. The molecule has 1 aromatic heterocycles. The number of amides is 1. The van der Waals surface area contributed by atoms with Gasteiger partial charge < -0.3 is 9.47 Å². The number of aromatic nitrogens is 2. The third kappa shape index (κ3) is 2.98. The lowest BCUT2D eigenvalue weighted by molar-refractivity contribution is -0.138. The maximum absolute atomic E-state index is 12.4. The monoisotopic (exact) mass is 366 g/mol. The van der Waals surface area contributed by atoms with Crippen LogP contribution in [0.2, 0.25) is 0 Å². The number of likely N-dealkylation sites (N-methyl/N-ethyl adjacent to an activating group) is 1. The van der Waals surface area contributed by atoms with Gasteiger partial charge in [0.1, 0.15) is 5.82 Å². The molecule has 4 rings (SSSR count). The second kappa shape index (κ2) is 7.12. The number of rotatable bonds is 3. The average Bonchev–Trinajstić information content (AvgIpc) is 3.14. The van der Waals surface area contributed by atoms with E-state index in [1.807, 2.05) is 24.9 Å². The van der Waals surface area contributed by atoms with E-state index < -0.39 is 0 Å². The highest BCUT2D eigenvalue weighted by molar-refractivity contribution is 5.78. The van der Waals surface area contributed by atoms with Crippen LogP contribution in [0.4, 0.5) is 0 Å². The van der Waals surface area contributed by atoms with E-state index in [4.69, 9.17) is 4.98 Å². The van der Waals surface area contributed by atoms with Crippen molar-refractivity contribution in [2.45, 2.75) is 45.7 Å². The Bertz CT molecular complexity index is 803. The summed E-state index contributed by atoms with van der Waals surface area (Å²) in [7, 11) is 0. The molecule has 27 heavy (non-hydrogen) atoms. The third-order valence-electron chi connectivity index (χ3n) is 6.32. The Hall–Kier alpha value is -2.14. The van der Waals surface area contributed by atoms with Crippen molar-refractivity contribution in [2.24, 2.45) is 5.92 Å². The molecule has 5 heteroatoms. The SMILES string of the molecule is CCN1CCn2c(-c3ccccc3)cnc2C12CCN(C(=O)C(C)C)CC2. The molecular weight excluding hydrogens is 336 g/mol. The van der Waals surface area contributed by atoms with E-state index in [-0.39, 0.29) is 17.4 Å². The zero-order valence-electron chi connectivity index (χ0n) is 16.7. The molecule has 2 aliphatic heterocycles. The Kier molecular flexibility index (Phi) is 4.81. The van der Waals surface area contributed by atoms with Gasteiger partial charge in [0.15, 0.2) is 0 Å². The molecule has 2 aromatic rings. The van der Waals surface area contributed by atoms with Gasteiger partial charge in [-0.3, -0.25) is 9.69 Å². The smallest absolute Gasteiger partial charge is 0.225 e. The Morgan fingerprint density at radius 3 is 2.44 bits per heavy atom. The van der Waals surface area contributed by atoms with Gasteiger partial charge in [0, 0.05) is 32.1 Å². The van der Waals surface area contributed by atoms with E-state index in [9.17, 15) is 4.79 Å². The fourth-order valence-electron chi connectivity index (χ4n) is 4.85. The minimum absolute atomic E-state index is 0.0478. The van der Waals surface area contributed by atoms with Crippen molar-refractivity contribution in [1.82, 2.24) is 19.4 Å². The molecule has 0 radical (unpaired) electrons. The van der Waals surface area contributed by atoms with Gasteiger partial charge in [-0.25, -0.2) is 4.98 Å². The van der Waals surface area contributed by atoms with Crippen LogP contribution in [-0.2, 0) is 16.9 Å². The molecule has 1 amide bonds. The van der Waals surface area contributed by atoms with E-state index in [0.717, 1.165) is 45.6 Å². The Labute approximate surface area is 162 Å². The molecule has 0 aliphatic carbocycles. The average molecular weight is 367 g/mol. The highest BCUT2D eigenvalue weighted by atomic mass is 16.2. The van der Waals surface area contributed by atoms with Gasteiger partial charge in [-0.05, 0) is 24.9 Å². The highest BCUT2D eigenvalue weighted by Crippen LogP contribution is 2.42. The lowest BCUT2D eigenvalue weighted by Crippen LogP contribution is -2.58. The zero-order valence-corrected chi connectivity index (χ0v) is 16.7. The molecular formula is C22H30N4O. The van der Waals surface area contributed by atoms with Crippen LogP contribution in [0.3, 0.4) is 0 Å². The largest absolute Gasteiger partial charge is 0.342 e. The summed E-state index contributed by atoms with van der Waals surface area (Å²) in [4.78, 5) is 22.0. The number of piperidine rings is 1. The molecule has 0 unspecified atom stereocenters. The van der Waals surface area contributed by atoms with Gasteiger partial charge in [0.2, 0.25) is 5.91 Å². The lowest BCUT2D eigenvalue weighted by atomic mass is 9.82.